The van der Waals surface area contributed by atoms with Crippen LogP contribution in [0.2, 0.25) is 5.02 Å². The van der Waals surface area contributed by atoms with E-state index in [0.717, 1.165) is 11.3 Å². The molecule has 0 saturated heterocycles. The van der Waals surface area contributed by atoms with Crippen molar-refractivity contribution in [1.29, 1.82) is 0 Å². The van der Waals surface area contributed by atoms with E-state index in [1.807, 2.05) is 66.1 Å². The molecular formula is C20H21ClN4O2S. The predicted octanol–water partition coefficient (Wildman–Crippen LogP) is 4.36. The molecule has 0 aliphatic rings. The van der Waals surface area contributed by atoms with Crippen LogP contribution >= 0.6 is 23.4 Å². The van der Waals surface area contributed by atoms with Crippen molar-refractivity contribution in [2.75, 3.05) is 19.0 Å². The number of amides is 1. The molecule has 6 nitrogen and oxygen atoms in total. The Morgan fingerprint density at radius 3 is 2.57 bits per heavy atom. The Bertz CT molecular complexity index is 916. The van der Waals surface area contributed by atoms with Crippen LogP contribution in [0.5, 0.6) is 0 Å². The van der Waals surface area contributed by atoms with Gasteiger partial charge in [-0.15, -0.1) is 10.2 Å². The quantitative estimate of drug-likeness (QED) is 0.552. The number of carbonyl (C=O) groups is 1. The van der Waals surface area contributed by atoms with Gasteiger partial charge in [-0.3, -0.25) is 9.36 Å². The highest BCUT2D eigenvalue weighted by Crippen LogP contribution is 2.28. The third-order valence-corrected chi connectivity index (χ3v) is 5.36. The minimum absolute atomic E-state index is 0.0921. The Balaban J connectivity index is 1.78. The molecule has 0 saturated carbocycles. The van der Waals surface area contributed by atoms with Gasteiger partial charge in [0.2, 0.25) is 5.91 Å². The zero-order valence-electron chi connectivity index (χ0n) is 15.6. The van der Waals surface area contributed by atoms with Crippen molar-refractivity contribution in [1.82, 2.24) is 14.8 Å². The molecule has 3 aromatic rings. The van der Waals surface area contributed by atoms with Gasteiger partial charge in [0.15, 0.2) is 11.0 Å². The number of rotatable bonds is 8. The maximum Gasteiger partial charge on any atom is 0.237 e. The Hall–Kier alpha value is -2.35. The van der Waals surface area contributed by atoms with Crippen LogP contribution in [0.4, 0.5) is 5.69 Å². The molecule has 0 spiro atoms. The molecule has 0 fully saturated rings. The van der Waals surface area contributed by atoms with Crippen molar-refractivity contribution in [3.63, 3.8) is 0 Å². The summed E-state index contributed by atoms with van der Waals surface area (Å²) >= 11 is 7.35. The molecule has 3 rings (SSSR count). The van der Waals surface area contributed by atoms with E-state index in [1.54, 1.807) is 7.11 Å². The van der Waals surface area contributed by atoms with Crippen LogP contribution in [-0.4, -0.2) is 39.6 Å². The number of carbonyl (C=O) groups excluding carboxylic acids is 1. The molecule has 0 unspecified atom stereocenters. The van der Waals surface area contributed by atoms with Crippen LogP contribution in [0.15, 0.2) is 59.8 Å². The third-order valence-electron chi connectivity index (χ3n) is 4.03. The van der Waals surface area contributed by atoms with Crippen molar-refractivity contribution in [3.05, 3.63) is 59.6 Å². The van der Waals surface area contributed by atoms with Gasteiger partial charge < -0.3 is 10.1 Å². The van der Waals surface area contributed by atoms with E-state index in [2.05, 4.69) is 15.5 Å². The minimum Gasteiger partial charge on any atom is -0.383 e. The molecule has 0 radical (unpaired) electrons. The number of methoxy groups -OCH3 is 1. The zero-order valence-corrected chi connectivity index (χ0v) is 17.2. The minimum atomic E-state index is -0.344. The van der Waals surface area contributed by atoms with Crippen molar-refractivity contribution in [2.45, 2.75) is 23.9 Å². The van der Waals surface area contributed by atoms with Gasteiger partial charge in [-0.2, -0.15) is 0 Å². The number of hydrogen-bond acceptors (Lipinski definition) is 5. The van der Waals surface area contributed by atoms with Crippen LogP contribution in [0, 0.1) is 0 Å². The lowest BCUT2D eigenvalue weighted by Crippen LogP contribution is -2.23. The lowest BCUT2D eigenvalue weighted by molar-refractivity contribution is -0.115. The monoisotopic (exact) mass is 416 g/mol. The molecule has 1 N–H and O–H groups in total. The van der Waals surface area contributed by atoms with Gasteiger partial charge in [0, 0.05) is 23.4 Å². The second-order valence-electron chi connectivity index (χ2n) is 6.07. The summed E-state index contributed by atoms with van der Waals surface area (Å²) in [5, 5.41) is 12.5. The highest BCUT2D eigenvalue weighted by atomic mass is 35.5. The summed E-state index contributed by atoms with van der Waals surface area (Å²) in [6.07, 6.45) is 0. The molecule has 1 atom stereocenters. The molecule has 28 heavy (non-hydrogen) atoms. The van der Waals surface area contributed by atoms with Gasteiger partial charge >= 0.3 is 0 Å². The van der Waals surface area contributed by atoms with Crippen molar-refractivity contribution < 1.29 is 9.53 Å². The summed E-state index contributed by atoms with van der Waals surface area (Å²) in [5.41, 5.74) is 1.67. The van der Waals surface area contributed by atoms with Gasteiger partial charge in [0.1, 0.15) is 0 Å². The summed E-state index contributed by atoms with van der Waals surface area (Å²) < 4.78 is 7.19. The van der Waals surface area contributed by atoms with Gasteiger partial charge in [-0.1, -0.05) is 41.6 Å². The molecule has 1 aromatic heterocycles. The van der Waals surface area contributed by atoms with Gasteiger partial charge in [-0.05, 0) is 43.3 Å². The molecule has 146 valence electrons. The van der Waals surface area contributed by atoms with Crippen LogP contribution in [-0.2, 0) is 16.1 Å². The molecule has 2 aromatic carbocycles. The topological polar surface area (TPSA) is 69.0 Å². The number of hydrogen-bond donors (Lipinski definition) is 1. The second kappa shape index (κ2) is 9.73. The molecule has 1 heterocycles. The van der Waals surface area contributed by atoms with E-state index in [-0.39, 0.29) is 11.2 Å². The van der Waals surface area contributed by atoms with Crippen molar-refractivity contribution in [3.8, 4) is 11.4 Å². The lowest BCUT2D eigenvalue weighted by atomic mass is 10.2. The molecular weight excluding hydrogens is 396 g/mol. The first-order valence-corrected chi connectivity index (χ1v) is 10.0. The standard InChI is InChI=1S/C20H21ClN4O2S/c1-14(19(26)22-17-6-4-3-5-7-17)28-20-24-23-18(25(20)12-13-27-2)15-8-10-16(21)11-9-15/h3-11,14H,12-13H2,1-2H3,(H,22,26)/t14-/m1/s1. The maximum absolute atomic E-state index is 12.5. The summed E-state index contributed by atoms with van der Waals surface area (Å²) in [6, 6.07) is 16.8. The van der Waals surface area contributed by atoms with Crippen molar-refractivity contribution >= 4 is 35.0 Å². The van der Waals surface area contributed by atoms with E-state index >= 15 is 0 Å². The smallest absolute Gasteiger partial charge is 0.237 e. The van der Waals surface area contributed by atoms with E-state index in [0.29, 0.717) is 29.2 Å². The second-order valence-corrected chi connectivity index (χ2v) is 7.82. The molecule has 1 amide bonds. The highest BCUT2D eigenvalue weighted by Gasteiger charge is 2.21. The zero-order chi connectivity index (χ0) is 19.9. The van der Waals surface area contributed by atoms with Crippen molar-refractivity contribution in [2.24, 2.45) is 0 Å². The number of aromatic nitrogens is 3. The van der Waals surface area contributed by atoms with Crippen LogP contribution in [0.25, 0.3) is 11.4 Å². The number of anilines is 1. The number of benzene rings is 2. The van der Waals surface area contributed by atoms with Gasteiger partial charge in [-0.25, -0.2) is 0 Å². The third kappa shape index (κ3) is 5.13. The van der Waals surface area contributed by atoms with Crippen LogP contribution < -0.4 is 5.32 Å². The first kappa shape index (κ1) is 20.4. The SMILES string of the molecule is COCCn1c(S[C@H](C)C(=O)Nc2ccccc2)nnc1-c1ccc(Cl)cc1. The number of nitrogens with one attached hydrogen (secondary N) is 1. The summed E-state index contributed by atoms with van der Waals surface area (Å²) in [5.74, 6) is 0.623. The van der Waals surface area contributed by atoms with Gasteiger partial charge in [0.05, 0.1) is 18.4 Å². The number of para-hydroxylation sites is 1. The Morgan fingerprint density at radius 1 is 1.18 bits per heavy atom. The van der Waals surface area contributed by atoms with E-state index in [1.165, 1.54) is 11.8 Å². The van der Waals surface area contributed by atoms with Crippen LogP contribution in [0.1, 0.15) is 6.92 Å². The number of nitrogens with zero attached hydrogens (tertiary/aromatic N) is 3. The summed E-state index contributed by atoms with van der Waals surface area (Å²) in [7, 11) is 1.65. The average molecular weight is 417 g/mol. The first-order valence-electron chi connectivity index (χ1n) is 8.79. The van der Waals surface area contributed by atoms with Gasteiger partial charge in [0.25, 0.3) is 0 Å². The first-order chi connectivity index (χ1) is 13.6. The highest BCUT2D eigenvalue weighted by molar-refractivity contribution is 8.00. The molecule has 0 bridgehead atoms. The Morgan fingerprint density at radius 2 is 1.89 bits per heavy atom. The fourth-order valence-electron chi connectivity index (χ4n) is 2.55. The normalized spacial score (nSPS) is 12.0. The van der Waals surface area contributed by atoms with E-state index in [9.17, 15) is 4.79 Å². The molecule has 8 heteroatoms. The van der Waals surface area contributed by atoms with E-state index < -0.39 is 0 Å². The lowest BCUT2D eigenvalue weighted by Gasteiger charge is -2.13. The molecule has 0 aliphatic heterocycles. The van der Waals surface area contributed by atoms with Crippen LogP contribution in [0.3, 0.4) is 0 Å². The fraction of sp³-hybridized carbons (Fsp3) is 0.250. The largest absolute Gasteiger partial charge is 0.383 e. The molecule has 0 aliphatic carbocycles. The summed E-state index contributed by atoms with van der Waals surface area (Å²) in [4.78, 5) is 12.5. The average Bonchev–Trinajstić information content (AvgIpc) is 3.10. The summed E-state index contributed by atoms with van der Waals surface area (Å²) in [6.45, 7) is 2.94. The fourth-order valence-corrected chi connectivity index (χ4v) is 3.55. The number of halogens is 1. The Kier molecular flexibility index (Phi) is 7.08. The van der Waals surface area contributed by atoms with E-state index in [4.69, 9.17) is 16.3 Å². The number of thioether (sulfide) groups is 1. The number of ether oxygens (including phenoxy) is 1. The predicted molar refractivity (Wildman–Crippen MR) is 113 cm³/mol. The Labute approximate surface area is 173 Å². The maximum atomic E-state index is 12.5.